The molecular weight excluding hydrogens is 268 g/mol. The zero-order valence-electron chi connectivity index (χ0n) is 13.2. The second kappa shape index (κ2) is 6.46. The van der Waals surface area contributed by atoms with Gasteiger partial charge in [-0.2, -0.15) is 0 Å². The summed E-state index contributed by atoms with van der Waals surface area (Å²) >= 11 is 6.42. The number of hydrogen-bond donors (Lipinski definition) is 1. The molecule has 1 N–H and O–H groups in total. The molecule has 1 aliphatic heterocycles. The van der Waals surface area contributed by atoms with Crippen LogP contribution < -0.4 is 5.32 Å². The smallest absolute Gasteiger partial charge is 0.0453 e. The molecule has 1 aliphatic rings. The maximum atomic E-state index is 6.42. The Bertz CT molecular complexity index is 454. The zero-order chi connectivity index (χ0) is 14.8. The van der Waals surface area contributed by atoms with Crippen LogP contribution in [0.5, 0.6) is 0 Å². The molecule has 1 aromatic rings. The van der Waals surface area contributed by atoms with Crippen LogP contribution in [0.3, 0.4) is 0 Å². The van der Waals surface area contributed by atoms with E-state index in [0.29, 0.717) is 6.04 Å². The molecule has 0 spiro atoms. The summed E-state index contributed by atoms with van der Waals surface area (Å²) in [7, 11) is 0. The summed E-state index contributed by atoms with van der Waals surface area (Å²) in [5.74, 6) is 0. The highest BCUT2D eigenvalue weighted by atomic mass is 35.5. The summed E-state index contributed by atoms with van der Waals surface area (Å²) in [5, 5.41) is 4.54. The summed E-state index contributed by atoms with van der Waals surface area (Å²) in [6.07, 6.45) is 2.35. The lowest BCUT2D eigenvalue weighted by Crippen LogP contribution is -2.63. The van der Waals surface area contributed by atoms with Crippen LogP contribution >= 0.6 is 11.6 Å². The van der Waals surface area contributed by atoms with E-state index in [1.165, 1.54) is 24.0 Å². The fourth-order valence-electron chi connectivity index (χ4n) is 3.23. The summed E-state index contributed by atoms with van der Waals surface area (Å²) in [5.41, 5.74) is 2.74. The second-order valence-electron chi connectivity index (χ2n) is 6.19. The van der Waals surface area contributed by atoms with E-state index in [1.807, 2.05) is 0 Å². The van der Waals surface area contributed by atoms with Crippen molar-refractivity contribution in [2.45, 2.75) is 58.7 Å². The lowest BCUT2D eigenvalue weighted by molar-refractivity contribution is 0.0278. The fourth-order valence-corrected chi connectivity index (χ4v) is 3.53. The van der Waals surface area contributed by atoms with Gasteiger partial charge >= 0.3 is 0 Å². The molecule has 0 amide bonds. The molecule has 0 saturated carbocycles. The molecule has 112 valence electrons. The quantitative estimate of drug-likeness (QED) is 0.903. The molecule has 1 atom stereocenters. The molecule has 1 aromatic carbocycles. The van der Waals surface area contributed by atoms with Crippen molar-refractivity contribution in [1.82, 2.24) is 10.2 Å². The average molecular weight is 295 g/mol. The molecule has 1 heterocycles. The number of halogens is 1. The van der Waals surface area contributed by atoms with Crippen LogP contribution in [0.1, 0.15) is 44.7 Å². The third kappa shape index (κ3) is 3.19. The van der Waals surface area contributed by atoms with E-state index >= 15 is 0 Å². The third-order valence-corrected chi connectivity index (χ3v) is 5.18. The van der Waals surface area contributed by atoms with Gasteiger partial charge < -0.3 is 5.32 Å². The van der Waals surface area contributed by atoms with Crippen molar-refractivity contribution < 1.29 is 0 Å². The minimum Gasteiger partial charge on any atom is -0.311 e. The largest absolute Gasteiger partial charge is 0.311 e. The Hall–Kier alpha value is -0.570. The minimum atomic E-state index is 0.265. The Kier molecular flexibility index (Phi) is 5.11. The standard InChI is InChI=1S/C17H27ClN2/c1-5-17(6-2)12-19-14(4)10-20(17)11-15-8-7-13(3)9-16(15)18/h7-9,14,19H,5-6,10-12H2,1-4H3. The Morgan fingerprint density at radius 2 is 2.05 bits per heavy atom. The fraction of sp³-hybridized carbons (Fsp3) is 0.647. The van der Waals surface area contributed by atoms with Crippen molar-refractivity contribution in [2.24, 2.45) is 0 Å². The first kappa shape index (κ1) is 15.8. The summed E-state index contributed by atoms with van der Waals surface area (Å²) in [4.78, 5) is 2.63. The van der Waals surface area contributed by atoms with Crippen LogP contribution in [-0.4, -0.2) is 29.6 Å². The van der Waals surface area contributed by atoms with Gasteiger partial charge in [0.05, 0.1) is 0 Å². The third-order valence-electron chi connectivity index (χ3n) is 4.83. The number of nitrogens with one attached hydrogen (secondary N) is 1. The first-order valence-corrected chi connectivity index (χ1v) is 8.12. The predicted molar refractivity (Wildman–Crippen MR) is 87.4 cm³/mol. The second-order valence-corrected chi connectivity index (χ2v) is 6.60. The van der Waals surface area contributed by atoms with Crippen molar-refractivity contribution in [2.75, 3.05) is 13.1 Å². The molecule has 0 bridgehead atoms. The Labute approximate surface area is 128 Å². The predicted octanol–water partition coefficient (Wildman–Crippen LogP) is 4.00. The van der Waals surface area contributed by atoms with Crippen LogP contribution in [-0.2, 0) is 6.54 Å². The van der Waals surface area contributed by atoms with E-state index in [4.69, 9.17) is 11.6 Å². The van der Waals surface area contributed by atoms with Gasteiger partial charge in [-0.1, -0.05) is 37.6 Å². The van der Waals surface area contributed by atoms with E-state index in [0.717, 1.165) is 24.7 Å². The van der Waals surface area contributed by atoms with Gasteiger partial charge in [-0.15, -0.1) is 0 Å². The highest BCUT2D eigenvalue weighted by Crippen LogP contribution is 2.30. The van der Waals surface area contributed by atoms with Gasteiger partial charge in [-0.3, -0.25) is 4.90 Å². The molecule has 0 radical (unpaired) electrons. The summed E-state index contributed by atoms with van der Waals surface area (Å²) in [6, 6.07) is 6.96. The molecule has 2 rings (SSSR count). The van der Waals surface area contributed by atoms with E-state index in [9.17, 15) is 0 Å². The van der Waals surface area contributed by atoms with Crippen molar-refractivity contribution in [3.8, 4) is 0 Å². The minimum absolute atomic E-state index is 0.265. The maximum Gasteiger partial charge on any atom is 0.0453 e. The lowest BCUT2D eigenvalue weighted by Gasteiger charge is -2.49. The summed E-state index contributed by atoms with van der Waals surface area (Å²) in [6.45, 7) is 12.1. The topological polar surface area (TPSA) is 15.3 Å². The molecule has 2 nitrogen and oxygen atoms in total. The SMILES string of the molecule is CCC1(CC)CNC(C)CN1Cc1ccc(C)cc1Cl. The van der Waals surface area contributed by atoms with Gasteiger partial charge in [0, 0.05) is 36.2 Å². The number of piperazine rings is 1. The van der Waals surface area contributed by atoms with Crippen molar-refractivity contribution in [1.29, 1.82) is 0 Å². The Morgan fingerprint density at radius 3 is 2.65 bits per heavy atom. The van der Waals surface area contributed by atoms with Crippen molar-refractivity contribution in [3.63, 3.8) is 0 Å². The van der Waals surface area contributed by atoms with Gasteiger partial charge in [0.15, 0.2) is 0 Å². The van der Waals surface area contributed by atoms with Gasteiger partial charge in [-0.05, 0) is 43.9 Å². The number of hydrogen-bond acceptors (Lipinski definition) is 2. The summed E-state index contributed by atoms with van der Waals surface area (Å²) < 4.78 is 0. The number of nitrogens with zero attached hydrogens (tertiary/aromatic N) is 1. The molecule has 20 heavy (non-hydrogen) atoms. The van der Waals surface area contributed by atoms with Crippen LogP contribution in [0.4, 0.5) is 0 Å². The van der Waals surface area contributed by atoms with E-state index < -0.39 is 0 Å². The van der Waals surface area contributed by atoms with Gasteiger partial charge in [0.25, 0.3) is 0 Å². The molecule has 1 unspecified atom stereocenters. The molecule has 0 aromatic heterocycles. The van der Waals surface area contributed by atoms with Crippen LogP contribution in [0.15, 0.2) is 18.2 Å². The molecule has 3 heteroatoms. The number of rotatable bonds is 4. The van der Waals surface area contributed by atoms with E-state index in [2.05, 4.69) is 56.1 Å². The maximum absolute atomic E-state index is 6.42. The van der Waals surface area contributed by atoms with E-state index in [1.54, 1.807) is 0 Å². The van der Waals surface area contributed by atoms with E-state index in [-0.39, 0.29) is 5.54 Å². The first-order valence-electron chi connectivity index (χ1n) is 7.74. The van der Waals surface area contributed by atoms with Crippen LogP contribution in [0.2, 0.25) is 5.02 Å². The average Bonchev–Trinajstić information content (AvgIpc) is 2.43. The molecule has 0 aliphatic carbocycles. The number of benzene rings is 1. The normalized spacial score (nSPS) is 22.9. The Morgan fingerprint density at radius 1 is 1.35 bits per heavy atom. The van der Waals surface area contributed by atoms with Crippen molar-refractivity contribution in [3.05, 3.63) is 34.3 Å². The molecular formula is C17H27ClN2. The van der Waals surface area contributed by atoms with Gasteiger partial charge in [0.2, 0.25) is 0 Å². The highest BCUT2D eigenvalue weighted by Gasteiger charge is 2.37. The zero-order valence-corrected chi connectivity index (χ0v) is 13.9. The highest BCUT2D eigenvalue weighted by molar-refractivity contribution is 6.31. The van der Waals surface area contributed by atoms with Gasteiger partial charge in [0.1, 0.15) is 0 Å². The first-order chi connectivity index (χ1) is 9.50. The monoisotopic (exact) mass is 294 g/mol. The van der Waals surface area contributed by atoms with Crippen LogP contribution in [0, 0.1) is 6.92 Å². The molecule has 1 saturated heterocycles. The van der Waals surface area contributed by atoms with Crippen molar-refractivity contribution >= 4 is 11.6 Å². The lowest BCUT2D eigenvalue weighted by atomic mass is 9.87. The van der Waals surface area contributed by atoms with Gasteiger partial charge in [-0.25, -0.2) is 0 Å². The van der Waals surface area contributed by atoms with Crippen LogP contribution in [0.25, 0.3) is 0 Å². The molecule has 1 fully saturated rings. The Balaban J connectivity index is 2.23. The number of aryl methyl sites for hydroxylation is 1.